The lowest BCUT2D eigenvalue weighted by molar-refractivity contribution is 0.328. The van der Waals surface area contributed by atoms with E-state index in [2.05, 4.69) is 0 Å². The molecule has 1 saturated heterocycles. The standard InChI is InChI=1S/C15H24N2O2S/c1-4-12-7-8-13(16)10-15(12)20(18,19)17-11(3)6-9-14(17)5-2/h7-8,10-11,14H,4-6,9,16H2,1-3H3. The SMILES string of the molecule is CCc1ccc(N)cc1S(=O)(=O)N1C(C)CCC1CC. The monoisotopic (exact) mass is 296 g/mol. The molecule has 1 fully saturated rings. The molecule has 4 nitrogen and oxygen atoms in total. The van der Waals surface area contributed by atoms with Crippen molar-refractivity contribution in [1.82, 2.24) is 4.31 Å². The molecule has 112 valence electrons. The number of benzene rings is 1. The van der Waals surface area contributed by atoms with Crippen molar-refractivity contribution in [2.24, 2.45) is 0 Å². The number of nitrogens with two attached hydrogens (primary N) is 1. The molecule has 0 saturated carbocycles. The predicted octanol–water partition coefficient (Wildman–Crippen LogP) is 2.78. The van der Waals surface area contributed by atoms with Crippen LogP contribution in [0.3, 0.4) is 0 Å². The average Bonchev–Trinajstić information content (AvgIpc) is 2.80. The normalized spacial score (nSPS) is 24.1. The van der Waals surface area contributed by atoms with E-state index in [0.717, 1.165) is 24.8 Å². The van der Waals surface area contributed by atoms with Gasteiger partial charge in [0.15, 0.2) is 0 Å². The molecule has 1 aliphatic rings. The van der Waals surface area contributed by atoms with E-state index in [1.165, 1.54) is 0 Å². The summed E-state index contributed by atoms with van der Waals surface area (Å²) in [5.74, 6) is 0. The summed E-state index contributed by atoms with van der Waals surface area (Å²) in [5, 5.41) is 0. The zero-order valence-corrected chi connectivity index (χ0v) is 13.3. The molecular formula is C15H24N2O2S. The number of aryl methyl sites for hydroxylation is 1. The molecular weight excluding hydrogens is 272 g/mol. The van der Waals surface area contributed by atoms with Gasteiger partial charge in [-0.15, -0.1) is 0 Å². The third-order valence-electron chi connectivity index (χ3n) is 4.21. The number of anilines is 1. The Morgan fingerprint density at radius 2 is 2.00 bits per heavy atom. The topological polar surface area (TPSA) is 63.4 Å². The zero-order chi connectivity index (χ0) is 14.9. The second-order valence-corrected chi connectivity index (χ2v) is 7.36. The third-order valence-corrected chi connectivity index (χ3v) is 6.36. The van der Waals surface area contributed by atoms with Crippen LogP contribution < -0.4 is 5.73 Å². The summed E-state index contributed by atoms with van der Waals surface area (Å²) in [6.07, 6.45) is 3.42. The molecule has 5 heteroatoms. The maximum absolute atomic E-state index is 13.0. The largest absolute Gasteiger partial charge is 0.399 e. The van der Waals surface area contributed by atoms with Crippen molar-refractivity contribution in [2.75, 3.05) is 5.73 Å². The Morgan fingerprint density at radius 3 is 2.60 bits per heavy atom. The summed E-state index contributed by atoms with van der Waals surface area (Å²) in [5.41, 5.74) is 7.14. The van der Waals surface area contributed by atoms with Crippen molar-refractivity contribution < 1.29 is 8.42 Å². The summed E-state index contributed by atoms with van der Waals surface area (Å²) < 4.78 is 27.7. The molecule has 0 amide bonds. The van der Waals surface area contributed by atoms with Gasteiger partial charge in [0.05, 0.1) is 4.90 Å². The minimum Gasteiger partial charge on any atom is -0.399 e. The van der Waals surface area contributed by atoms with Gasteiger partial charge in [-0.2, -0.15) is 4.31 Å². The van der Waals surface area contributed by atoms with Crippen LogP contribution in [0, 0.1) is 0 Å². The molecule has 1 heterocycles. The van der Waals surface area contributed by atoms with Crippen LogP contribution in [-0.2, 0) is 16.4 Å². The molecule has 1 aromatic carbocycles. The zero-order valence-electron chi connectivity index (χ0n) is 12.5. The minimum absolute atomic E-state index is 0.0658. The van der Waals surface area contributed by atoms with Crippen molar-refractivity contribution in [1.29, 1.82) is 0 Å². The van der Waals surface area contributed by atoms with Crippen molar-refractivity contribution in [3.63, 3.8) is 0 Å². The maximum Gasteiger partial charge on any atom is 0.243 e. The first-order chi connectivity index (χ1) is 9.41. The Morgan fingerprint density at radius 1 is 1.30 bits per heavy atom. The van der Waals surface area contributed by atoms with Crippen LogP contribution in [0.1, 0.15) is 45.6 Å². The highest BCUT2D eigenvalue weighted by atomic mass is 32.2. The first-order valence-electron chi connectivity index (χ1n) is 7.33. The van der Waals surface area contributed by atoms with Crippen LogP contribution in [0.2, 0.25) is 0 Å². The molecule has 0 radical (unpaired) electrons. The summed E-state index contributed by atoms with van der Waals surface area (Å²) in [6.45, 7) is 6.01. The number of hydrogen-bond donors (Lipinski definition) is 1. The molecule has 0 aliphatic carbocycles. The van der Waals surface area contributed by atoms with Crippen LogP contribution in [0.25, 0.3) is 0 Å². The van der Waals surface area contributed by atoms with Crippen molar-refractivity contribution in [3.8, 4) is 0 Å². The Bertz CT molecular complexity index is 584. The first kappa shape index (κ1) is 15.3. The van der Waals surface area contributed by atoms with Crippen molar-refractivity contribution in [2.45, 2.75) is 63.4 Å². The number of hydrogen-bond acceptors (Lipinski definition) is 3. The molecule has 2 rings (SSSR count). The highest BCUT2D eigenvalue weighted by molar-refractivity contribution is 7.89. The van der Waals surface area contributed by atoms with Crippen LogP contribution >= 0.6 is 0 Å². The summed E-state index contributed by atoms with van der Waals surface area (Å²) in [7, 11) is -3.46. The van der Waals surface area contributed by atoms with Crippen LogP contribution in [0.5, 0.6) is 0 Å². The van der Waals surface area contributed by atoms with Gasteiger partial charge in [0.2, 0.25) is 10.0 Å². The average molecular weight is 296 g/mol. The Kier molecular flexibility index (Phi) is 4.39. The van der Waals surface area contributed by atoms with Gasteiger partial charge < -0.3 is 5.73 Å². The van der Waals surface area contributed by atoms with E-state index in [9.17, 15) is 8.42 Å². The van der Waals surface area contributed by atoms with Crippen LogP contribution in [0.15, 0.2) is 23.1 Å². The van der Waals surface area contributed by atoms with Gasteiger partial charge in [-0.25, -0.2) is 8.42 Å². The molecule has 0 aromatic heterocycles. The molecule has 20 heavy (non-hydrogen) atoms. The first-order valence-corrected chi connectivity index (χ1v) is 8.77. The number of nitrogens with zero attached hydrogens (tertiary/aromatic N) is 1. The summed E-state index contributed by atoms with van der Waals surface area (Å²) in [6, 6.07) is 5.37. The second kappa shape index (κ2) is 5.74. The maximum atomic E-state index is 13.0. The van der Waals surface area contributed by atoms with E-state index >= 15 is 0 Å². The highest BCUT2D eigenvalue weighted by Gasteiger charge is 2.39. The van der Waals surface area contributed by atoms with Gasteiger partial charge in [-0.3, -0.25) is 0 Å². The fourth-order valence-corrected chi connectivity index (χ4v) is 5.36. The van der Waals surface area contributed by atoms with Crippen LogP contribution in [-0.4, -0.2) is 24.8 Å². The van der Waals surface area contributed by atoms with Gasteiger partial charge >= 0.3 is 0 Å². The van der Waals surface area contributed by atoms with E-state index in [-0.39, 0.29) is 12.1 Å². The van der Waals surface area contributed by atoms with E-state index in [1.54, 1.807) is 16.4 Å². The Balaban J connectivity index is 2.52. The molecule has 0 bridgehead atoms. The smallest absolute Gasteiger partial charge is 0.243 e. The lowest BCUT2D eigenvalue weighted by atomic mass is 10.1. The fraction of sp³-hybridized carbons (Fsp3) is 0.600. The van der Waals surface area contributed by atoms with E-state index in [0.29, 0.717) is 17.0 Å². The molecule has 2 N–H and O–H groups in total. The molecule has 2 atom stereocenters. The van der Waals surface area contributed by atoms with E-state index in [1.807, 2.05) is 26.8 Å². The molecule has 2 unspecified atom stereocenters. The van der Waals surface area contributed by atoms with Crippen LogP contribution in [0.4, 0.5) is 5.69 Å². The fourth-order valence-electron chi connectivity index (χ4n) is 3.08. The van der Waals surface area contributed by atoms with E-state index in [4.69, 9.17) is 5.73 Å². The third kappa shape index (κ3) is 2.56. The molecule has 1 aromatic rings. The van der Waals surface area contributed by atoms with Gasteiger partial charge in [-0.1, -0.05) is 19.9 Å². The Labute approximate surface area is 122 Å². The van der Waals surface area contributed by atoms with Gasteiger partial charge in [0.25, 0.3) is 0 Å². The van der Waals surface area contributed by atoms with Gasteiger partial charge in [-0.05, 0) is 50.3 Å². The van der Waals surface area contributed by atoms with Crippen molar-refractivity contribution in [3.05, 3.63) is 23.8 Å². The minimum atomic E-state index is -3.46. The lowest BCUT2D eigenvalue weighted by Crippen LogP contribution is -2.40. The molecule has 0 spiro atoms. The second-order valence-electron chi connectivity index (χ2n) is 5.54. The highest BCUT2D eigenvalue weighted by Crippen LogP contribution is 2.34. The van der Waals surface area contributed by atoms with E-state index < -0.39 is 10.0 Å². The lowest BCUT2D eigenvalue weighted by Gasteiger charge is -2.28. The number of rotatable bonds is 4. The van der Waals surface area contributed by atoms with Gasteiger partial charge in [0.1, 0.15) is 0 Å². The number of nitrogen functional groups attached to an aromatic ring is 1. The Hall–Kier alpha value is -1.07. The summed E-state index contributed by atoms with van der Waals surface area (Å²) in [4.78, 5) is 0.382. The predicted molar refractivity (Wildman–Crippen MR) is 82.0 cm³/mol. The summed E-state index contributed by atoms with van der Waals surface area (Å²) >= 11 is 0. The quantitative estimate of drug-likeness (QED) is 0.869. The number of sulfonamides is 1. The van der Waals surface area contributed by atoms with Crippen molar-refractivity contribution >= 4 is 15.7 Å². The van der Waals surface area contributed by atoms with Gasteiger partial charge in [0, 0.05) is 17.8 Å². The molecule has 1 aliphatic heterocycles.